The van der Waals surface area contributed by atoms with Crippen LogP contribution in [0.15, 0.2) is 194 Å². The van der Waals surface area contributed by atoms with Gasteiger partial charge in [0.25, 0.3) is 20.7 Å². The summed E-state index contributed by atoms with van der Waals surface area (Å²) in [4.78, 5) is 7.00. The van der Waals surface area contributed by atoms with Gasteiger partial charge in [-0.25, -0.2) is 0 Å². The molecular formula is C72H56N4O4S6. The highest BCUT2D eigenvalue weighted by Crippen LogP contribution is 2.47. The summed E-state index contributed by atoms with van der Waals surface area (Å²) < 4.78 is 31.1. The molecular weight excluding hydrogens is 1180 g/mol. The van der Waals surface area contributed by atoms with Gasteiger partial charge in [-0.15, -0.1) is 22.7 Å². The Labute approximate surface area is 527 Å². The van der Waals surface area contributed by atoms with Crippen molar-refractivity contribution >= 4 is 197 Å². The van der Waals surface area contributed by atoms with Gasteiger partial charge in [0.05, 0.1) is 0 Å². The molecule has 2 heterocycles. The topological polar surface area (TPSA) is 49.9 Å². The van der Waals surface area contributed by atoms with E-state index in [-0.39, 0.29) is 0 Å². The molecule has 14 rings (SSSR count). The van der Waals surface area contributed by atoms with E-state index in [9.17, 15) is 0 Å². The molecule has 86 heavy (non-hydrogen) atoms. The normalized spacial score (nSPS) is 11.4. The molecule has 0 amide bonds. The quantitative estimate of drug-likeness (QED) is 0.149. The number of hydrogen-bond donors (Lipinski definition) is 0. The predicted molar refractivity (Wildman–Crippen MR) is 382 cm³/mol. The van der Waals surface area contributed by atoms with Gasteiger partial charge in [-0.2, -0.15) is 0 Å². The minimum atomic E-state index is 0.293. The highest BCUT2D eigenvalue weighted by molar-refractivity contribution is 7.80. The standard InChI is InChI=1S/C42H40N4O4S4.C30H16S2/c1-43(2)39(51)47-35-21-27-15-11-9-13-25(27)17-31(35)33-19-29-24-38(50-42(54)46(7)8)34(20-30(29)23-37(33)49-41(53)45(5)6)32-18-26-14-10-12-16-28(26)22-36(32)48-40(52)44(3)4;1-3-7-19-13-27-23(9-17(19)5-1)25-11-21-16-30-26(12-22(21)15-29(25)31-27)24-10-18-6-2-4-8-20(18)14-28(24)32-30/h9-24H,1-8H3;1-16H. The van der Waals surface area contributed by atoms with Crippen LogP contribution in [0.1, 0.15) is 0 Å². The van der Waals surface area contributed by atoms with Gasteiger partial charge in [0.15, 0.2) is 0 Å². The van der Waals surface area contributed by atoms with Crippen LogP contribution in [0.4, 0.5) is 0 Å². The maximum atomic E-state index is 6.47. The van der Waals surface area contributed by atoms with Gasteiger partial charge in [-0.1, -0.05) is 97.1 Å². The molecule has 0 aliphatic rings. The van der Waals surface area contributed by atoms with Crippen molar-refractivity contribution in [2.24, 2.45) is 0 Å². The van der Waals surface area contributed by atoms with E-state index in [4.69, 9.17) is 67.8 Å². The number of hydrogen-bond acceptors (Lipinski definition) is 10. The molecule has 0 saturated heterocycles. The van der Waals surface area contributed by atoms with E-state index in [0.29, 0.717) is 43.7 Å². The maximum absolute atomic E-state index is 6.47. The lowest BCUT2D eigenvalue weighted by atomic mass is 9.93. The van der Waals surface area contributed by atoms with Crippen LogP contribution in [-0.4, -0.2) is 96.7 Å². The molecule has 0 aliphatic heterocycles. The molecule has 0 spiro atoms. The Bertz CT molecular complexity index is 4820. The van der Waals surface area contributed by atoms with Gasteiger partial charge in [0.1, 0.15) is 23.0 Å². The third kappa shape index (κ3) is 10.9. The van der Waals surface area contributed by atoms with Crippen LogP contribution in [0.5, 0.6) is 23.0 Å². The van der Waals surface area contributed by atoms with Crippen molar-refractivity contribution < 1.29 is 18.9 Å². The Morgan fingerprint density at radius 2 is 0.442 bits per heavy atom. The molecule has 14 aromatic rings. The minimum Gasteiger partial charge on any atom is -0.431 e. The molecule has 8 nitrogen and oxygen atoms in total. The molecule has 2 aromatic heterocycles. The molecule has 0 atom stereocenters. The van der Waals surface area contributed by atoms with E-state index in [1.54, 1.807) is 19.6 Å². The second-order valence-corrected chi connectivity index (χ2v) is 25.7. The molecule has 0 saturated carbocycles. The van der Waals surface area contributed by atoms with E-state index < -0.39 is 0 Å². The average molecular weight is 1230 g/mol. The van der Waals surface area contributed by atoms with Gasteiger partial charge in [-0.05, 0) is 211 Å². The summed E-state index contributed by atoms with van der Waals surface area (Å²) in [5, 5.41) is 20.4. The lowest BCUT2D eigenvalue weighted by Gasteiger charge is -2.22. The van der Waals surface area contributed by atoms with Gasteiger partial charge in [-0.3, -0.25) is 0 Å². The van der Waals surface area contributed by atoms with Gasteiger partial charge < -0.3 is 38.5 Å². The van der Waals surface area contributed by atoms with Crippen LogP contribution in [0.25, 0.3) is 127 Å². The van der Waals surface area contributed by atoms with Crippen LogP contribution in [0.3, 0.4) is 0 Å². The average Bonchev–Trinajstić information content (AvgIpc) is 2.08. The molecule has 0 radical (unpaired) electrons. The van der Waals surface area contributed by atoms with E-state index in [0.717, 1.165) is 54.6 Å². The van der Waals surface area contributed by atoms with E-state index in [2.05, 4.69) is 121 Å². The van der Waals surface area contributed by atoms with Gasteiger partial charge in [0, 0.05) is 119 Å². The number of thiophene rings is 2. The van der Waals surface area contributed by atoms with Crippen LogP contribution >= 0.6 is 71.5 Å². The maximum Gasteiger partial charge on any atom is 0.264 e. The summed E-state index contributed by atoms with van der Waals surface area (Å²) in [5.41, 5.74) is 3.03. The summed E-state index contributed by atoms with van der Waals surface area (Å²) >= 11 is 26.4. The van der Waals surface area contributed by atoms with E-state index in [1.165, 1.54) is 72.7 Å². The lowest BCUT2D eigenvalue weighted by Crippen LogP contribution is -2.26. The summed E-state index contributed by atoms with van der Waals surface area (Å²) in [5.74, 6) is 2.21. The van der Waals surface area contributed by atoms with Crippen molar-refractivity contribution in [2.75, 3.05) is 56.4 Å². The Hall–Kier alpha value is -8.60. The number of nitrogens with zero attached hydrogens (tertiary/aromatic N) is 4. The third-order valence-corrected chi connectivity index (χ3v) is 19.3. The molecule has 0 N–H and O–H groups in total. The van der Waals surface area contributed by atoms with E-state index in [1.807, 2.05) is 152 Å². The van der Waals surface area contributed by atoms with Crippen LogP contribution in [-0.2, 0) is 0 Å². The van der Waals surface area contributed by atoms with Crippen LogP contribution < -0.4 is 18.9 Å². The Morgan fingerprint density at radius 3 is 0.709 bits per heavy atom. The van der Waals surface area contributed by atoms with E-state index >= 15 is 0 Å². The fourth-order valence-electron chi connectivity index (χ4n) is 10.8. The van der Waals surface area contributed by atoms with Crippen molar-refractivity contribution in [3.05, 3.63) is 194 Å². The highest BCUT2D eigenvalue weighted by Gasteiger charge is 2.23. The lowest BCUT2D eigenvalue weighted by molar-refractivity contribution is 0.446. The highest BCUT2D eigenvalue weighted by atomic mass is 32.1. The Balaban J connectivity index is 0.000000180. The first-order chi connectivity index (χ1) is 41.5. The number of benzene rings is 12. The van der Waals surface area contributed by atoms with Crippen molar-refractivity contribution in [3.8, 4) is 45.3 Å². The van der Waals surface area contributed by atoms with Gasteiger partial charge in [0.2, 0.25) is 0 Å². The largest absolute Gasteiger partial charge is 0.431 e. The third-order valence-electron chi connectivity index (χ3n) is 15.3. The number of ether oxygens (including phenoxy) is 4. The number of fused-ring (bicyclic) bond motifs is 12. The Kier molecular flexibility index (Phi) is 15.1. The summed E-state index contributed by atoms with van der Waals surface area (Å²) in [6.07, 6.45) is 0. The van der Waals surface area contributed by atoms with Crippen molar-refractivity contribution in [1.82, 2.24) is 19.6 Å². The molecule has 0 bridgehead atoms. The first kappa shape index (κ1) is 56.5. The number of rotatable bonds is 6. The van der Waals surface area contributed by atoms with Crippen molar-refractivity contribution in [2.45, 2.75) is 0 Å². The number of thiocarbonyl (C=S) groups is 4. The molecule has 424 valence electrons. The zero-order valence-corrected chi connectivity index (χ0v) is 53.2. The first-order valence-electron chi connectivity index (χ1n) is 27.8. The second kappa shape index (κ2) is 23.0. The zero-order chi connectivity index (χ0) is 59.7. The van der Waals surface area contributed by atoms with Crippen molar-refractivity contribution in [1.29, 1.82) is 0 Å². The second-order valence-electron chi connectivity index (χ2n) is 22.1. The zero-order valence-electron chi connectivity index (χ0n) is 48.3. The first-order valence-corrected chi connectivity index (χ1v) is 31.1. The summed E-state index contributed by atoms with van der Waals surface area (Å²) in [6.45, 7) is 0. The predicted octanol–water partition coefficient (Wildman–Crippen LogP) is 19.3. The molecule has 12 aromatic carbocycles. The SMILES string of the molecule is CN(C)C(=S)Oc1cc2ccccc2cc1-c1cc2cc(OC(=S)N(C)C)c(-c3cc4ccccc4cc3OC(=S)N(C)C)cc2cc1OC(=S)N(C)C.c1ccc2cc3c(cc2c1)sc1cc2cc4c(cc2cc13)sc1cc2ccccc2cc14. The van der Waals surface area contributed by atoms with Crippen LogP contribution in [0.2, 0.25) is 0 Å². The van der Waals surface area contributed by atoms with Gasteiger partial charge >= 0.3 is 0 Å². The molecule has 0 aliphatic carbocycles. The smallest absolute Gasteiger partial charge is 0.264 e. The minimum absolute atomic E-state index is 0.293. The monoisotopic (exact) mass is 1230 g/mol. The van der Waals surface area contributed by atoms with Crippen molar-refractivity contribution in [3.63, 3.8) is 0 Å². The molecule has 14 heteroatoms. The van der Waals surface area contributed by atoms with Crippen LogP contribution in [0, 0.1) is 0 Å². The summed E-state index contributed by atoms with van der Waals surface area (Å²) in [7, 11) is 14.8. The Morgan fingerprint density at radius 1 is 0.256 bits per heavy atom. The fraction of sp³-hybridized carbons (Fsp3) is 0.111. The summed E-state index contributed by atoms with van der Waals surface area (Å²) in [6, 6.07) is 68.7. The fourth-order valence-corrected chi connectivity index (χ4v) is 13.5. The molecule has 0 unspecified atom stereocenters. The molecule has 0 fully saturated rings.